The summed E-state index contributed by atoms with van der Waals surface area (Å²) in [6.45, 7) is 1.88. The van der Waals surface area contributed by atoms with Gasteiger partial charge in [0.05, 0.1) is 0 Å². The van der Waals surface area contributed by atoms with Gasteiger partial charge in [-0.3, -0.25) is 4.79 Å². The van der Waals surface area contributed by atoms with Crippen molar-refractivity contribution in [1.29, 1.82) is 0 Å². The number of aromatic nitrogens is 1. The molecule has 1 aliphatic rings. The molecule has 2 heterocycles. The van der Waals surface area contributed by atoms with Crippen molar-refractivity contribution >= 4 is 21.8 Å². The fraction of sp³-hybridized carbons (Fsp3) is 0.455. The lowest BCUT2D eigenvalue weighted by molar-refractivity contribution is 0.0925. The zero-order chi connectivity index (χ0) is 11.4. The van der Waals surface area contributed by atoms with Crippen LogP contribution in [0.1, 0.15) is 23.3 Å². The molecule has 2 N–H and O–H groups in total. The van der Waals surface area contributed by atoms with E-state index in [0.29, 0.717) is 5.69 Å². The normalized spacial score (nSPS) is 20.4. The summed E-state index contributed by atoms with van der Waals surface area (Å²) in [4.78, 5) is 16.0. The Hall–Kier alpha value is -0.940. The molecule has 1 aromatic rings. The zero-order valence-corrected chi connectivity index (χ0v) is 10.5. The molecule has 1 saturated heterocycles. The van der Waals surface area contributed by atoms with E-state index in [1.54, 1.807) is 12.3 Å². The predicted octanol–water partition coefficient (Wildman–Crippen LogP) is 1.33. The van der Waals surface area contributed by atoms with Gasteiger partial charge in [-0.15, -0.1) is 0 Å². The van der Waals surface area contributed by atoms with Gasteiger partial charge < -0.3 is 10.6 Å². The monoisotopic (exact) mass is 283 g/mol. The van der Waals surface area contributed by atoms with Gasteiger partial charge in [-0.25, -0.2) is 4.98 Å². The van der Waals surface area contributed by atoms with Crippen LogP contribution < -0.4 is 10.6 Å². The fourth-order valence-corrected chi connectivity index (χ4v) is 2.22. The van der Waals surface area contributed by atoms with Crippen LogP contribution in [0.25, 0.3) is 0 Å². The molecule has 1 aliphatic heterocycles. The van der Waals surface area contributed by atoms with E-state index in [4.69, 9.17) is 0 Å². The summed E-state index contributed by atoms with van der Waals surface area (Å²) in [5.41, 5.74) is 0.452. The number of carbonyl (C=O) groups excluding carboxylic acids is 1. The minimum atomic E-state index is -0.110. The van der Waals surface area contributed by atoms with Crippen molar-refractivity contribution in [2.75, 3.05) is 13.1 Å². The van der Waals surface area contributed by atoms with Gasteiger partial charge in [-0.2, -0.15) is 0 Å². The molecule has 0 bridgehead atoms. The van der Waals surface area contributed by atoms with E-state index >= 15 is 0 Å². The highest BCUT2D eigenvalue weighted by atomic mass is 79.9. The number of pyridine rings is 1. The molecule has 5 heteroatoms. The van der Waals surface area contributed by atoms with E-state index in [1.165, 1.54) is 0 Å². The van der Waals surface area contributed by atoms with Crippen LogP contribution in [0.3, 0.4) is 0 Å². The molecule has 1 fully saturated rings. The van der Waals surface area contributed by atoms with E-state index in [2.05, 4.69) is 31.5 Å². The first kappa shape index (κ1) is 11.5. The summed E-state index contributed by atoms with van der Waals surface area (Å²) >= 11 is 3.32. The lowest BCUT2D eigenvalue weighted by Crippen LogP contribution is -2.45. The Kier molecular flexibility index (Phi) is 3.90. The molecular formula is C11H14BrN3O. The predicted molar refractivity (Wildman–Crippen MR) is 65.3 cm³/mol. The smallest absolute Gasteiger partial charge is 0.271 e. The summed E-state index contributed by atoms with van der Waals surface area (Å²) < 4.78 is 0.733. The van der Waals surface area contributed by atoms with Crippen molar-refractivity contribution in [1.82, 2.24) is 15.6 Å². The number of piperidine rings is 1. The number of carbonyl (C=O) groups is 1. The number of nitrogens with one attached hydrogen (secondary N) is 2. The van der Waals surface area contributed by atoms with Crippen LogP contribution in [0.5, 0.6) is 0 Å². The average Bonchev–Trinajstić information content (AvgIpc) is 2.31. The van der Waals surface area contributed by atoms with E-state index in [-0.39, 0.29) is 11.9 Å². The minimum Gasteiger partial charge on any atom is -0.347 e. The van der Waals surface area contributed by atoms with Gasteiger partial charge in [0, 0.05) is 23.3 Å². The molecule has 1 aromatic heterocycles. The first-order valence-electron chi connectivity index (χ1n) is 5.39. The molecule has 16 heavy (non-hydrogen) atoms. The molecule has 0 saturated carbocycles. The van der Waals surface area contributed by atoms with Gasteiger partial charge in [-0.05, 0) is 47.4 Å². The first-order valence-corrected chi connectivity index (χ1v) is 6.19. The van der Waals surface area contributed by atoms with Gasteiger partial charge in [0.2, 0.25) is 0 Å². The van der Waals surface area contributed by atoms with Gasteiger partial charge >= 0.3 is 0 Å². The van der Waals surface area contributed by atoms with Crippen molar-refractivity contribution in [3.05, 3.63) is 28.5 Å². The Morgan fingerprint density at radius 3 is 3.19 bits per heavy atom. The molecule has 0 radical (unpaired) electrons. The quantitative estimate of drug-likeness (QED) is 0.861. The Morgan fingerprint density at radius 1 is 1.62 bits per heavy atom. The molecule has 4 nitrogen and oxygen atoms in total. The van der Waals surface area contributed by atoms with Crippen molar-refractivity contribution in [2.45, 2.75) is 18.9 Å². The van der Waals surface area contributed by atoms with Crippen LogP contribution in [0.2, 0.25) is 0 Å². The second-order valence-electron chi connectivity index (χ2n) is 3.85. The van der Waals surface area contributed by atoms with Crippen molar-refractivity contribution in [3.8, 4) is 0 Å². The Morgan fingerprint density at radius 2 is 2.50 bits per heavy atom. The summed E-state index contributed by atoms with van der Waals surface area (Å²) in [5, 5.41) is 6.24. The summed E-state index contributed by atoms with van der Waals surface area (Å²) in [6.07, 6.45) is 3.76. The molecule has 0 unspecified atom stereocenters. The molecule has 1 amide bonds. The van der Waals surface area contributed by atoms with Crippen molar-refractivity contribution in [3.63, 3.8) is 0 Å². The van der Waals surface area contributed by atoms with Crippen molar-refractivity contribution < 1.29 is 4.79 Å². The maximum Gasteiger partial charge on any atom is 0.271 e. The highest BCUT2D eigenvalue weighted by Gasteiger charge is 2.18. The second kappa shape index (κ2) is 5.41. The lowest BCUT2D eigenvalue weighted by atomic mass is 10.1. The largest absolute Gasteiger partial charge is 0.347 e. The molecule has 0 spiro atoms. The highest BCUT2D eigenvalue weighted by molar-refractivity contribution is 9.10. The van der Waals surface area contributed by atoms with Crippen LogP contribution in [0, 0.1) is 0 Å². The van der Waals surface area contributed by atoms with Crippen LogP contribution in [0.4, 0.5) is 0 Å². The summed E-state index contributed by atoms with van der Waals surface area (Å²) in [5.74, 6) is -0.110. The zero-order valence-electron chi connectivity index (χ0n) is 8.87. The molecule has 1 atom stereocenters. The molecule has 86 valence electrons. The number of halogens is 1. The maximum absolute atomic E-state index is 11.9. The van der Waals surface area contributed by atoms with E-state index in [1.807, 2.05) is 6.07 Å². The SMILES string of the molecule is O=C(N[C@H]1CCCNC1)c1ncccc1Br. The third kappa shape index (κ3) is 2.80. The first-order chi connectivity index (χ1) is 7.77. The Bertz CT molecular complexity index is 377. The second-order valence-corrected chi connectivity index (χ2v) is 4.70. The lowest BCUT2D eigenvalue weighted by Gasteiger charge is -2.23. The van der Waals surface area contributed by atoms with Crippen molar-refractivity contribution in [2.24, 2.45) is 0 Å². The standard InChI is InChI=1S/C11H14BrN3O/c12-9-4-2-6-14-10(9)11(16)15-8-3-1-5-13-7-8/h2,4,6,8,13H,1,3,5,7H2,(H,15,16)/t8-/m0/s1. The summed E-state index contributed by atoms with van der Waals surface area (Å²) in [7, 11) is 0. The number of hydrogen-bond donors (Lipinski definition) is 2. The van der Waals surface area contributed by atoms with Gasteiger partial charge in [0.15, 0.2) is 0 Å². The van der Waals surface area contributed by atoms with Crippen LogP contribution in [-0.4, -0.2) is 30.0 Å². The van der Waals surface area contributed by atoms with Gasteiger partial charge in [-0.1, -0.05) is 0 Å². The minimum absolute atomic E-state index is 0.110. The van der Waals surface area contributed by atoms with E-state index in [9.17, 15) is 4.79 Å². The third-order valence-corrected chi connectivity index (χ3v) is 3.25. The van der Waals surface area contributed by atoms with E-state index < -0.39 is 0 Å². The number of nitrogens with zero attached hydrogens (tertiary/aromatic N) is 1. The molecule has 0 aromatic carbocycles. The molecule has 0 aliphatic carbocycles. The van der Waals surface area contributed by atoms with Gasteiger partial charge in [0.1, 0.15) is 5.69 Å². The molecular weight excluding hydrogens is 270 g/mol. The number of hydrogen-bond acceptors (Lipinski definition) is 3. The Labute approximate surface area is 103 Å². The maximum atomic E-state index is 11.9. The highest BCUT2D eigenvalue weighted by Crippen LogP contribution is 2.13. The number of amides is 1. The topological polar surface area (TPSA) is 54.0 Å². The molecule has 2 rings (SSSR count). The summed E-state index contributed by atoms with van der Waals surface area (Å²) in [6, 6.07) is 3.83. The average molecular weight is 284 g/mol. The number of rotatable bonds is 2. The van der Waals surface area contributed by atoms with Crippen LogP contribution >= 0.6 is 15.9 Å². The van der Waals surface area contributed by atoms with Gasteiger partial charge in [0.25, 0.3) is 5.91 Å². The van der Waals surface area contributed by atoms with Crippen LogP contribution in [0.15, 0.2) is 22.8 Å². The Balaban J connectivity index is 2.00. The fourth-order valence-electron chi connectivity index (χ4n) is 1.78. The van der Waals surface area contributed by atoms with E-state index in [0.717, 1.165) is 30.4 Å². The van der Waals surface area contributed by atoms with Crippen LogP contribution in [-0.2, 0) is 0 Å². The third-order valence-electron chi connectivity index (χ3n) is 2.61.